The van der Waals surface area contributed by atoms with Gasteiger partial charge in [0.25, 0.3) is 0 Å². The van der Waals surface area contributed by atoms with Gasteiger partial charge >= 0.3 is 0 Å². The highest BCUT2D eigenvalue weighted by atomic mass is 16.7. The first-order valence-corrected chi connectivity index (χ1v) is 10.7. The molecule has 0 saturated carbocycles. The van der Waals surface area contributed by atoms with Gasteiger partial charge in [-0.1, -0.05) is 6.07 Å². The minimum Gasteiger partial charge on any atom is -0.454 e. The van der Waals surface area contributed by atoms with E-state index in [1.54, 1.807) is 0 Å². The van der Waals surface area contributed by atoms with Gasteiger partial charge in [0.2, 0.25) is 12.7 Å². The molecule has 1 N–H and O–H groups in total. The van der Waals surface area contributed by atoms with Crippen LogP contribution in [0.2, 0.25) is 0 Å². The number of ether oxygens (including phenoxy) is 3. The number of rotatable bonds is 6. The second-order valence-corrected chi connectivity index (χ2v) is 7.94. The van der Waals surface area contributed by atoms with E-state index in [1.165, 1.54) is 5.56 Å². The monoisotopic (exact) mass is 413 g/mol. The zero-order valence-electron chi connectivity index (χ0n) is 17.0. The molecule has 1 aromatic heterocycles. The second kappa shape index (κ2) is 8.61. The Hall–Kier alpha value is -2.65. The summed E-state index contributed by atoms with van der Waals surface area (Å²) in [5.41, 5.74) is 1.22. The van der Waals surface area contributed by atoms with Crippen LogP contribution >= 0.6 is 0 Å². The highest BCUT2D eigenvalue weighted by molar-refractivity contribution is 5.80. The Balaban J connectivity index is 1.15. The van der Waals surface area contributed by atoms with Crippen molar-refractivity contribution in [3.8, 4) is 11.5 Å². The molecule has 5 rings (SSSR count). The molecule has 0 radical (unpaired) electrons. The van der Waals surface area contributed by atoms with Gasteiger partial charge in [-0.2, -0.15) is 0 Å². The van der Waals surface area contributed by atoms with Crippen LogP contribution in [-0.2, 0) is 35.5 Å². The largest absolute Gasteiger partial charge is 0.454 e. The van der Waals surface area contributed by atoms with E-state index in [9.17, 15) is 4.79 Å². The number of carbonyl (C=O) groups is 1. The summed E-state index contributed by atoms with van der Waals surface area (Å²) in [6.07, 6.45) is 3.02. The first-order valence-electron chi connectivity index (χ1n) is 10.7. The van der Waals surface area contributed by atoms with Crippen molar-refractivity contribution < 1.29 is 19.0 Å². The molecule has 1 amide bonds. The van der Waals surface area contributed by atoms with Crippen LogP contribution in [-0.4, -0.2) is 64.7 Å². The fourth-order valence-electron chi connectivity index (χ4n) is 4.26. The summed E-state index contributed by atoms with van der Waals surface area (Å²) in [4.78, 5) is 14.5. The molecule has 4 heterocycles. The zero-order chi connectivity index (χ0) is 20.3. The van der Waals surface area contributed by atoms with Gasteiger partial charge in [0.05, 0.1) is 0 Å². The predicted molar refractivity (Wildman–Crippen MR) is 107 cm³/mol. The minimum absolute atomic E-state index is 0.0157. The number of carbonyl (C=O) groups excluding carboxylic acids is 1. The Kier molecular flexibility index (Phi) is 5.54. The number of nitrogens with one attached hydrogen (secondary N) is 1. The van der Waals surface area contributed by atoms with Crippen molar-refractivity contribution in [3.05, 3.63) is 35.4 Å². The van der Waals surface area contributed by atoms with Crippen LogP contribution in [0, 0.1) is 0 Å². The van der Waals surface area contributed by atoms with E-state index < -0.39 is 0 Å². The van der Waals surface area contributed by atoms with Crippen molar-refractivity contribution in [2.45, 2.75) is 44.9 Å². The van der Waals surface area contributed by atoms with Crippen LogP contribution < -0.4 is 14.8 Å². The van der Waals surface area contributed by atoms with E-state index in [1.807, 2.05) is 6.07 Å². The number of fused-ring (bicyclic) bond motifs is 2. The molecule has 1 aromatic carbocycles. The van der Waals surface area contributed by atoms with Crippen LogP contribution in [0.15, 0.2) is 18.2 Å². The quantitative estimate of drug-likeness (QED) is 0.753. The average molecular weight is 413 g/mol. The Morgan fingerprint density at radius 3 is 3.00 bits per heavy atom. The van der Waals surface area contributed by atoms with Gasteiger partial charge in [-0.05, 0) is 30.5 Å². The molecule has 0 bridgehead atoms. The second-order valence-electron chi connectivity index (χ2n) is 7.94. The lowest BCUT2D eigenvalue weighted by atomic mass is 10.2. The van der Waals surface area contributed by atoms with Gasteiger partial charge in [0.1, 0.15) is 17.8 Å². The molecule has 1 atom stereocenters. The molecule has 3 aliphatic heterocycles. The first kappa shape index (κ1) is 19.3. The molecule has 3 aliphatic rings. The van der Waals surface area contributed by atoms with Gasteiger partial charge in [0.15, 0.2) is 11.5 Å². The first-order chi connectivity index (χ1) is 14.8. The molecular formula is C21H27N5O4. The molecule has 30 heavy (non-hydrogen) atoms. The highest BCUT2D eigenvalue weighted by Crippen LogP contribution is 2.32. The molecule has 1 fully saturated rings. The van der Waals surface area contributed by atoms with Crippen LogP contribution in [0.3, 0.4) is 0 Å². The van der Waals surface area contributed by atoms with Crippen molar-refractivity contribution in [1.29, 1.82) is 0 Å². The van der Waals surface area contributed by atoms with Gasteiger partial charge in [-0.25, -0.2) is 0 Å². The van der Waals surface area contributed by atoms with Crippen LogP contribution in [0.1, 0.15) is 30.1 Å². The van der Waals surface area contributed by atoms with E-state index in [0.717, 1.165) is 68.6 Å². The van der Waals surface area contributed by atoms with Crippen LogP contribution in [0.5, 0.6) is 11.5 Å². The molecule has 0 spiro atoms. The van der Waals surface area contributed by atoms with Crippen LogP contribution in [0.25, 0.3) is 0 Å². The van der Waals surface area contributed by atoms with E-state index in [4.69, 9.17) is 14.2 Å². The van der Waals surface area contributed by atoms with Gasteiger partial charge in [-0.15, -0.1) is 10.2 Å². The fourth-order valence-corrected chi connectivity index (χ4v) is 4.26. The third-order valence-electron chi connectivity index (χ3n) is 5.91. The average Bonchev–Trinajstić information content (AvgIpc) is 3.49. The lowest BCUT2D eigenvalue weighted by molar-refractivity contribution is -0.130. The number of hydrogen-bond acceptors (Lipinski definition) is 7. The third kappa shape index (κ3) is 4.13. The van der Waals surface area contributed by atoms with Gasteiger partial charge < -0.3 is 24.1 Å². The SMILES string of the molecule is O=C(NCCc1nnc2n1CCN(Cc1ccc3c(c1)OCO3)CC2)C1CCCO1. The zero-order valence-corrected chi connectivity index (χ0v) is 17.0. The van der Waals surface area contributed by atoms with E-state index in [2.05, 4.69) is 37.1 Å². The standard InChI is InChI=1S/C21H27N5O4/c27-21(17-2-1-11-28-17)22-7-5-19-23-24-20-6-8-25(9-10-26(19)20)13-15-3-4-16-18(12-15)30-14-29-16/h3-4,12,17H,1-2,5-11,13-14H2,(H,22,27). The van der Waals surface area contributed by atoms with Crippen LogP contribution in [0.4, 0.5) is 0 Å². The number of aromatic nitrogens is 3. The topological polar surface area (TPSA) is 90.7 Å². The number of benzene rings is 1. The summed E-state index contributed by atoms with van der Waals surface area (Å²) in [6.45, 7) is 5.10. The summed E-state index contributed by atoms with van der Waals surface area (Å²) in [5.74, 6) is 3.58. The van der Waals surface area contributed by atoms with Gasteiger partial charge in [-0.3, -0.25) is 9.69 Å². The van der Waals surface area contributed by atoms with Crippen molar-refractivity contribution in [3.63, 3.8) is 0 Å². The molecule has 9 heteroatoms. The van der Waals surface area contributed by atoms with E-state index >= 15 is 0 Å². The molecular weight excluding hydrogens is 386 g/mol. The molecule has 0 aliphatic carbocycles. The van der Waals surface area contributed by atoms with Crippen molar-refractivity contribution in [1.82, 2.24) is 25.0 Å². The van der Waals surface area contributed by atoms with E-state index in [0.29, 0.717) is 26.4 Å². The normalized spacial score (nSPS) is 20.7. The number of amides is 1. The highest BCUT2D eigenvalue weighted by Gasteiger charge is 2.24. The number of hydrogen-bond donors (Lipinski definition) is 1. The lowest BCUT2D eigenvalue weighted by Gasteiger charge is -2.19. The summed E-state index contributed by atoms with van der Waals surface area (Å²) in [6, 6.07) is 6.14. The summed E-state index contributed by atoms with van der Waals surface area (Å²) < 4.78 is 18.5. The molecule has 1 unspecified atom stereocenters. The van der Waals surface area contributed by atoms with Gasteiger partial charge in [0, 0.05) is 52.2 Å². The third-order valence-corrected chi connectivity index (χ3v) is 5.91. The Morgan fingerprint density at radius 1 is 1.17 bits per heavy atom. The Bertz CT molecular complexity index is 909. The number of nitrogens with zero attached hydrogens (tertiary/aromatic N) is 4. The molecule has 2 aromatic rings. The van der Waals surface area contributed by atoms with E-state index in [-0.39, 0.29) is 12.0 Å². The summed E-state index contributed by atoms with van der Waals surface area (Å²) in [5, 5.41) is 11.7. The fraction of sp³-hybridized carbons (Fsp3) is 0.571. The summed E-state index contributed by atoms with van der Waals surface area (Å²) in [7, 11) is 0. The Morgan fingerprint density at radius 2 is 2.10 bits per heavy atom. The smallest absolute Gasteiger partial charge is 0.249 e. The molecule has 9 nitrogen and oxygen atoms in total. The summed E-state index contributed by atoms with van der Waals surface area (Å²) >= 11 is 0. The van der Waals surface area contributed by atoms with Crippen molar-refractivity contribution >= 4 is 5.91 Å². The minimum atomic E-state index is -0.287. The maximum Gasteiger partial charge on any atom is 0.249 e. The van der Waals surface area contributed by atoms with Crippen molar-refractivity contribution in [2.75, 3.05) is 33.0 Å². The Labute approximate surface area is 175 Å². The maximum atomic E-state index is 12.1. The lowest BCUT2D eigenvalue weighted by Crippen LogP contribution is -2.35. The predicted octanol–water partition coefficient (Wildman–Crippen LogP) is 0.903. The molecule has 160 valence electrons. The molecule has 1 saturated heterocycles. The maximum absolute atomic E-state index is 12.1. The van der Waals surface area contributed by atoms with Crippen molar-refractivity contribution in [2.24, 2.45) is 0 Å².